The van der Waals surface area contributed by atoms with Crippen LogP contribution in [0.2, 0.25) is 0 Å². The van der Waals surface area contributed by atoms with Crippen LogP contribution in [-0.4, -0.2) is 60.5 Å². The normalized spacial score (nSPS) is 17.2. The molecule has 1 N–H and O–H groups in total. The minimum Gasteiger partial charge on any atom is -0.493 e. The first-order chi connectivity index (χ1) is 13.2. The van der Waals surface area contributed by atoms with Crippen LogP contribution in [-0.2, 0) is 11.8 Å². The van der Waals surface area contributed by atoms with E-state index in [0.717, 1.165) is 48.9 Å². The Bertz CT molecular complexity index is 765. The summed E-state index contributed by atoms with van der Waals surface area (Å²) in [6.45, 7) is 5.83. The van der Waals surface area contributed by atoms with Crippen LogP contribution >= 0.6 is 24.0 Å². The van der Waals surface area contributed by atoms with E-state index in [1.165, 1.54) is 0 Å². The molecule has 1 saturated heterocycles. The second-order valence-corrected chi connectivity index (χ2v) is 6.69. The molecule has 0 amide bonds. The number of para-hydroxylation sites is 1. The third-order valence-corrected chi connectivity index (χ3v) is 4.63. The van der Waals surface area contributed by atoms with Crippen molar-refractivity contribution in [2.45, 2.75) is 19.4 Å². The van der Waals surface area contributed by atoms with E-state index < -0.39 is 0 Å². The fourth-order valence-electron chi connectivity index (χ4n) is 3.15. The van der Waals surface area contributed by atoms with Crippen molar-refractivity contribution in [3.05, 3.63) is 47.8 Å². The fraction of sp³-hybridized carbons (Fsp3) is 0.500. The van der Waals surface area contributed by atoms with Gasteiger partial charge in [0, 0.05) is 38.9 Å². The Labute approximate surface area is 184 Å². The lowest BCUT2D eigenvalue weighted by molar-refractivity contribution is -0.00803. The van der Waals surface area contributed by atoms with Gasteiger partial charge in [-0.05, 0) is 25.0 Å². The van der Waals surface area contributed by atoms with E-state index in [4.69, 9.17) is 9.47 Å². The zero-order chi connectivity index (χ0) is 19.1. The van der Waals surface area contributed by atoms with Crippen molar-refractivity contribution >= 4 is 29.9 Å². The molecule has 0 saturated carbocycles. The maximum Gasteiger partial charge on any atom is 0.193 e. The summed E-state index contributed by atoms with van der Waals surface area (Å²) in [5.41, 5.74) is 2.26. The van der Waals surface area contributed by atoms with E-state index in [9.17, 15) is 0 Å². The van der Waals surface area contributed by atoms with Crippen LogP contribution < -0.4 is 10.1 Å². The summed E-state index contributed by atoms with van der Waals surface area (Å²) < 4.78 is 13.6. The number of nitrogens with zero attached hydrogens (tertiary/aromatic N) is 4. The van der Waals surface area contributed by atoms with Gasteiger partial charge in [-0.2, -0.15) is 5.10 Å². The SMILES string of the molecule is CN=C(NCCCOc1ccccc1C)N1CCOC(c2cnn(C)c2)C1.I. The summed E-state index contributed by atoms with van der Waals surface area (Å²) in [5.74, 6) is 1.86. The molecule has 1 atom stereocenters. The number of benzene rings is 1. The number of aliphatic imine (C=N–C) groups is 1. The number of aryl methyl sites for hydroxylation is 2. The molecule has 7 nitrogen and oxygen atoms in total. The minimum atomic E-state index is 0. The first-order valence-electron chi connectivity index (χ1n) is 9.41. The molecule has 0 aliphatic carbocycles. The Kier molecular flexibility index (Phi) is 9.04. The molecule has 3 rings (SSSR count). The average Bonchev–Trinajstić information content (AvgIpc) is 3.12. The van der Waals surface area contributed by atoms with Crippen molar-refractivity contribution < 1.29 is 9.47 Å². The standard InChI is InChI=1S/C20H29N5O2.HI/c1-16-7-4-5-8-18(16)26-11-6-9-22-20(21-2)25-10-12-27-19(15-25)17-13-23-24(3)14-17;/h4-5,7-8,13-14,19H,6,9-12,15H2,1-3H3,(H,21,22);1H. The Morgan fingerprint density at radius 1 is 1.39 bits per heavy atom. The van der Waals surface area contributed by atoms with Gasteiger partial charge in [-0.15, -0.1) is 24.0 Å². The van der Waals surface area contributed by atoms with Gasteiger partial charge < -0.3 is 19.7 Å². The Hall–Kier alpha value is -1.81. The van der Waals surface area contributed by atoms with Crippen LogP contribution in [0.3, 0.4) is 0 Å². The quantitative estimate of drug-likeness (QED) is 0.287. The molecule has 28 heavy (non-hydrogen) atoms. The lowest BCUT2D eigenvalue weighted by Gasteiger charge is -2.34. The molecular formula is C20H30IN5O2. The molecule has 2 heterocycles. The molecule has 1 fully saturated rings. The average molecular weight is 499 g/mol. The van der Waals surface area contributed by atoms with Gasteiger partial charge in [0.2, 0.25) is 0 Å². The summed E-state index contributed by atoms with van der Waals surface area (Å²) >= 11 is 0. The Morgan fingerprint density at radius 2 is 2.21 bits per heavy atom. The van der Waals surface area contributed by atoms with Crippen LogP contribution in [0.25, 0.3) is 0 Å². The molecular weight excluding hydrogens is 469 g/mol. The number of nitrogens with one attached hydrogen (secondary N) is 1. The molecule has 1 aliphatic heterocycles. The van der Waals surface area contributed by atoms with Gasteiger partial charge in [-0.25, -0.2) is 0 Å². The van der Waals surface area contributed by atoms with Gasteiger partial charge >= 0.3 is 0 Å². The first-order valence-corrected chi connectivity index (χ1v) is 9.41. The van der Waals surface area contributed by atoms with Gasteiger partial charge in [-0.1, -0.05) is 18.2 Å². The molecule has 8 heteroatoms. The summed E-state index contributed by atoms with van der Waals surface area (Å²) in [5, 5.41) is 7.68. The monoisotopic (exact) mass is 499 g/mol. The number of aromatic nitrogens is 2. The van der Waals surface area contributed by atoms with Crippen molar-refractivity contribution in [1.82, 2.24) is 20.0 Å². The van der Waals surface area contributed by atoms with Crippen LogP contribution in [0.4, 0.5) is 0 Å². The van der Waals surface area contributed by atoms with Crippen LogP contribution in [0.5, 0.6) is 5.75 Å². The number of morpholine rings is 1. The predicted octanol–water partition coefficient (Wildman–Crippen LogP) is 2.76. The van der Waals surface area contributed by atoms with E-state index in [2.05, 4.69) is 33.3 Å². The van der Waals surface area contributed by atoms with Gasteiger partial charge in [0.1, 0.15) is 11.9 Å². The van der Waals surface area contributed by atoms with Crippen molar-refractivity contribution in [1.29, 1.82) is 0 Å². The largest absolute Gasteiger partial charge is 0.493 e. The lowest BCUT2D eigenvalue weighted by Crippen LogP contribution is -2.48. The number of halogens is 1. The fourth-order valence-corrected chi connectivity index (χ4v) is 3.15. The molecule has 2 aromatic rings. The van der Waals surface area contributed by atoms with Crippen molar-refractivity contribution in [3.8, 4) is 5.75 Å². The van der Waals surface area contributed by atoms with Crippen LogP contribution in [0.15, 0.2) is 41.7 Å². The highest BCUT2D eigenvalue weighted by molar-refractivity contribution is 14.0. The van der Waals surface area contributed by atoms with E-state index in [0.29, 0.717) is 13.2 Å². The third-order valence-electron chi connectivity index (χ3n) is 4.63. The smallest absolute Gasteiger partial charge is 0.193 e. The second-order valence-electron chi connectivity index (χ2n) is 6.69. The topological polar surface area (TPSA) is 63.9 Å². The van der Waals surface area contributed by atoms with E-state index >= 15 is 0 Å². The molecule has 1 aromatic heterocycles. The zero-order valence-electron chi connectivity index (χ0n) is 16.8. The van der Waals surface area contributed by atoms with Crippen LogP contribution in [0.1, 0.15) is 23.7 Å². The molecule has 154 valence electrons. The van der Waals surface area contributed by atoms with E-state index in [1.807, 2.05) is 44.7 Å². The van der Waals surface area contributed by atoms with Crippen molar-refractivity contribution in [2.24, 2.45) is 12.0 Å². The lowest BCUT2D eigenvalue weighted by atomic mass is 10.1. The predicted molar refractivity (Wildman–Crippen MR) is 122 cm³/mol. The molecule has 0 spiro atoms. The Morgan fingerprint density at radius 3 is 2.93 bits per heavy atom. The molecule has 1 aliphatic rings. The molecule has 1 unspecified atom stereocenters. The van der Waals surface area contributed by atoms with Gasteiger partial charge in [0.25, 0.3) is 0 Å². The maximum absolute atomic E-state index is 5.91. The molecule has 1 aromatic carbocycles. The van der Waals surface area contributed by atoms with Gasteiger partial charge in [0.05, 0.1) is 26.0 Å². The van der Waals surface area contributed by atoms with E-state index in [1.54, 1.807) is 4.68 Å². The summed E-state index contributed by atoms with van der Waals surface area (Å²) in [4.78, 5) is 6.67. The molecule has 0 bridgehead atoms. The number of hydrogen-bond acceptors (Lipinski definition) is 4. The minimum absolute atomic E-state index is 0. The van der Waals surface area contributed by atoms with Crippen molar-refractivity contribution in [2.75, 3.05) is 39.9 Å². The van der Waals surface area contributed by atoms with Crippen LogP contribution in [0, 0.1) is 6.92 Å². The summed E-state index contributed by atoms with van der Waals surface area (Å²) in [7, 11) is 3.74. The van der Waals surface area contributed by atoms with E-state index in [-0.39, 0.29) is 30.1 Å². The zero-order valence-corrected chi connectivity index (χ0v) is 19.1. The van der Waals surface area contributed by atoms with Crippen molar-refractivity contribution in [3.63, 3.8) is 0 Å². The summed E-state index contributed by atoms with van der Waals surface area (Å²) in [6.07, 6.45) is 4.81. The number of ether oxygens (including phenoxy) is 2. The third kappa shape index (κ3) is 6.10. The highest BCUT2D eigenvalue weighted by atomic mass is 127. The number of hydrogen-bond donors (Lipinski definition) is 1. The molecule has 0 radical (unpaired) electrons. The second kappa shape index (κ2) is 11.3. The Balaban J connectivity index is 0.00000280. The number of guanidine groups is 1. The highest BCUT2D eigenvalue weighted by Gasteiger charge is 2.24. The highest BCUT2D eigenvalue weighted by Crippen LogP contribution is 2.21. The maximum atomic E-state index is 5.91. The summed E-state index contributed by atoms with van der Waals surface area (Å²) in [6, 6.07) is 8.09. The first kappa shape index (κ1) is 22.5. The van der Waals surface area contributed by atoms with Gasteiger partial charge in [-0.3, -0.25) is 9.67 Å². The van der Waals surface area contributed by atoms with Gasteiger partial charge in [0.15, 0.2) is 5.96 Å². The number of rotatable bonds is 6.